The van der Waals surface area contributed by atoms with Gasteiger partial charge in [-0.25, -0.2) is 4.79 Å². The van der Waals surface area contributed by atoms with Gasteiger partial charge >= 0.3 is 5.63 Å². The normalized spacial score (nSPS) is 13.6. The molecule has 0 spiro atoms. The van der Waals surface area contributed by atoms with E-state index in [2.05, 4.69) is 6.07 Å². The summed E-state index contributed by atoms with van der Waals surface area (Å²) in [5, 5.41) is 1.07. The van der Waals surface area contributed by atoms with Gasteiger partial charge in [0, 0.05) is 13.1 Å². The molecule has 25 heavy (non-hydrogen) atoms. The van der Waals surface area contributed by atoms with Gasteiger partial charge in [0.15, 0.2) is 5.76 Å². The van der Waals surface area contributed by atoms with Crippen molar-refractivity contribution in [1.29, 1.82) is 0 Å². The second-order valence-electron chi connectivity index (χ2n) is 6.10. The van der Waals surface area contributed by atoms with Gasteiger partial charge in [0.25, 0.3) is 5.91 Å². The molecule has 0 radical (unpaired) electrons. The third-order valence-corrected chi connectivity index (χ3v) is 4.60. The lowest BCUT2D eigenvalue weighted by molar-refractivity contribution is 0.0698. The van der Waals surface area contributed by atoms with Gasteiger partial charge in [0.05, 0.1) is 12.5 Å². The fraction of sp³-hybridized carbons (Fsp3) is 0.200. The summed E-state index contributed by atoms with van der Waals surface area (Å²) in [5.41, 5.74) is 1.88. The van der Waals surface area contributed by atoms with E-state index < -0.39 is 5.63 Å². The molecule has 3 aromatic rings. The van der Waals surface area contributed by atoms with Crippen LogP contribution in [0, 0.1) is 0 Å². The Bertz CT molecular complexity index is 1020. The molecule has 2 aromatic carbocycles. The highest BCUT2D eigenvalue weighted by atomic mass is 16.5. The second kappa shape index (κ2) is 6.09. The van der Waals surface area contributed by atoms with Crippen molar-refractivity contribution in [1.82, 2.24) is 4.90 Å². The monoisotopic (exact) mass is 335 g/mol. The summed E-state index contributed by atoms with van der Waals surface area (Å²) in [5.74, 6) is 0.421. The van der Waals surface area contributed by atoms with Crippen LogP contribution in [-0.2, 0) is 13.0 Å². The minimum absolute atomic E-state index is 0.0603. The maximum absolute atomic E-state index is 12.8. The summed E-state index contributed by atoms with van der Waals surface area (Å²) < 4.78 is 10.5. The molecule has 1 aromatic heterocycles. The van der Waals surface area contributed by atoms with Gasteiger partial charge in [-0.05, 0) is 47.2 Å². The van der Waals surface area contributed by atoms with Crippen molar-refractivity contribution in [3.63, 3.8) is 0 Å². The molecule has 0 N–H and O–H groups in total. The Kier molecular flexibility index (Phi) is 3.76. The van der Waals surface area contributed by atoms with Crippen LogP contribution in [0.3, 0.4) is 0 Å². The highest BCUT2D eigenvalue weighted by molar-refractivity contribution is 5.95. The third kappa shape index (κ3) is 2.78. The van der Waals surface area contributed by atoms with E-state index in [-0.39, 0.29) is 11.7 Å². The lowest BCUT2D eigenvalue weighted by Gasteiger charge is -2.28. The van der Waals surface area contributed by atoms with Crippen LogP contribution in [0.25, 0.3) is 10.8 Å². The summed E-state index contributed by atoms with van der Waals surface area (Å²) >= 11 is 0. The highest BCUT2D eigenvalue weighted by Crippen LogP contribution is 2.23. The van der Waals surface area contributed by atoms with Crippen molar-refractivity contribution in [3.8, 4) is 5.75 Å². The van der Waals surface area contributed by atoms with Crippen LogP contribution in [0.1, 0.15) is 21.7 Å². The highest BCUT2D eigenvalue weighted by Gasteiger charge is 2.24. The van der Waals surface area contributed by atoms with Gasteiger partial charge in [-0.3, -0.25) is 4.79 Å². The summed E-state index contributed by atoms with van der Waals surface area (Å²) in [6.07, 6.45) is 0.799. The Labute approximate surface area is 144 Å². The minimum Gasteiger partial charge on any atom is -0.497 e. The fourth-order valence-electron chi connectivity index (χ4n) is 3.23. The first-order chi connectivity index (χ1) is 12.2. The molecule has 1 aliphatic heterocycles. The topological polar surface area (TPSA) is 59.8 Å². The Morgan fingerprint density at radius 3 is 2.72 bits per heavy atom. The number of amides is 1. The second-order valence-corrected chi connectivity index (χ2v) is 6.10. The van der Waals surface area contributed by atoms with E-state index in [4.69, 9.17) is 9.15 Å². The standard InChI is InChI=1S/C20H17NO4/c1-24-16-6-7-17-15(10-16)11-18(25-20(17)23)19(22)21-9-8-13-4-2-3-5-14(13)12-21/h2-7,10-11H,8-9,12H2,1H3. The summed E-state index contributed by atoms with van der Waals surface area (Å²) in [7, 11) is 1.56. The Morgan fingerprint density at radius 1 is 1.12 bits per heavy atom. The Balaban J connectivity index is 1.70. The van der Waals surface area contributed by atoms with Crippen LogP contribution in [0.15, 0.2) is 57.7 Å². The van der Waals surface area contributed by atoms with Gasteiger partial charge < -0.3 is 14.1 Å². The number of nitrogens with zero attached hydrogens (tertiary/aromatic N) is 1. The number of carbonyl (C=O) groups excluding carboxylic acids is 1. The predicted molar refractivity (Wildman–Crippen MR) is 93.9 cm³/mol. The van der Waals surface area contributed by atoms with Crippen LogP contribution in [0.5, 0.6) is 5.75 Å². The molecule has 126 valence electrons. The molecule has 0 fully saturated rings. The minimum atomic E-state index is -0.513. The van der Waals surface area contributed by atoms with Crippen molar-refractivity contribution in [2.24, 2.45) is 0 Å². The zero-order valence-electron chi connectivity index (χ0n) is 13.8. The number of fused-ring (bicyclic) bond motifs is 2. The summed E-state index contributed by atoms with van der Waals surface area (Å²) in [4.78, 5) is 26.7. The lowest BCUT2D eigenvalue weighted by atomic mass is 10.00. The van der Waals surface area contributed by atoms with Crippen LogP contribution < -0.4 is 10.4 Å². The zero-order valence-corrected chi connectivity index (χ0v) is 13.8. The van der Waals surface area contributed by atoms with E-state index in [1.165, 1.54) is 5.56 Å². The Hall–Kier alpha value is -3.08. The molecule has 5 nitrogen and oxygen atoms in total. The van der Waals surface area contributed by atoms with Crippen LogP contribution >= 0.6 is 0 Å². The van der Waals surface area contributed by atoms with Crippen LogP contribution in [0.4, 0.5) is 0 Å². The number of methoxy groups -OCH3 is 1. The van der Waals surface area contributed by atoms with E-state index in [0.717, 1.165) is 12.0 Å². The summed E-state index contributed by atoms with van der Waals surface area (Å²) in [6.45, 7) is 1.13. The predicted octanol–water partition coefficient (Wildman–Crippen LogP) is 3.00. The van der Waals surface area contributed by atoms with Crippen molar-refractivity contribution in [3.05, 3.63) is 75.8 Å². The van der Waals surface area contributed by atoms with E-state index in [1.54, 1.807) is 36.3 Å². The average molecular weight is 335 g/mol. The molecule has 0 saturated carbocycles. The van der Waals surface area contributed by atoms with Crippen molar-refractivity contribution >= 4 is 16.7 Å². The van der Waals surface area contributed by atoms with Crippen molar-refractivity contribution in [2.75, 3.05) is 13.7 Å². The largest absolute Gasteiger partial charge is 0.497 e. The molecular formula is C20H17NO4. The van der Waals surface area contributed by atoms with Gasteiger partial charge in [-0.15, -0.1) is 0 Å². The SMILES string of the molecule is COc1ccc2c(=O)oc(C(=O)N3CCc4ccccc4C3)cc2c1. The number of rotatable bonds is 2. The molecule has 1 amide bonds. The number of carbonyl (C=O) groups is 1. The van der Waals surface area contributed by atoms with Gasteiger partial charge in [0.2, 0.25) is 0 Å². The van der Waals surface area contributed by atoms with Crippen LogP contribution in [0.2, 0.25) is 0 Å². The van der Waals surface area contributed by atoms with Gasteiger partial charge in [0.1, 0.15) is 5.75 Å². The fourth-order valence-corrected chi connectivity index (χ4v) is 3.23. The van der Waals surface area contributed by atoms with E-state index in [9.17, 15) is 9.59 Å². The molecule has 0 aliphatic carbocycles. The van der Waals surface area contributed by atoms with E-state index >= 15 is 0 Å². The van der Waals surface area contributed by atoms with Crippen LogP contribution in [-0.4, -0.2) is 24.5 Å². The van der Waals surface area contributed by atoms with E-state index in [0.29, 0.717) is 29.6 Å². The molecule has 0 bridgehead atoms. The van der Waals surface area contributed by atoms with Crippen molar-refractivity contribution in [2.45, 2.75) is 13.0 Å². The number of hydrogen-bond acceptors (Lipinski definition) is 4. The molecule has 0 unspecified atom stereocenters. The third-order valence-electron chi connectivity index (χ3n) is 4.60. The maximum atomic E-state index is 12.8. The molecule has 1 aliphatic rings. The average Bonchev–Trinajstić information content (AvgIpc) is 2.66. The first kappa shape index (κ1) is 15.4. The van der Waals surface area contributed by atoms with E-state index in [1.807, 2.05) is 18.2 Å². The van der Waals surface area contributed by atoms with Gasteiger partial charge in [-0.1, -0.05) is 24.3 Å². The molecule has 0 saturated heterocycles. The zero-order chi connectivity index (χ0) is 17.4. The Morgan fingerprint density at radius 2 is 1.92 bits per heavy atom. The first-order valence-corrected chi connectivity index (χ1v) is 8.13. The number of hydrogen-bond donors (Lipinski definition) is 0. The molecule has 0 atom stereocenters. The summed E-state index contributed by atoms with van der Waals surface area (Å²) in [6, 6.07) is 14.8. The molecular weight excluding hydrogens is 318 g/mol. The van der Waals surface area contributed by atoms with Crippen molar-refractivity contribution < 1.29 is 13.9 Å². The molecule has 2 heterocycles. The lowest BCUT2D eigenvalue weighted by Crippen LogP contribution is -2.36. The molecule has 5 heteroatoms. The maximum Gasteiger partial charge on any atom is 0.344 e. The quantitative estimate of drug-likeness (QED) is 0.722. The first-order valence-electron chi connectivity index (χ1n) is 8.13. The number of benzene rings is 2. The smallest absolute Gasteiger partial charge is 0.344 e. The number of ether oxygens (including phenoxy) is 1. The molecule has 4 rings (SSSR count). The van der Waals surface area contributed by atoms with Gasteiger partial charge in [-0.2, -0.15) is 0 Å².